The Labute approximate surface area is 74.9 Å². The molecule has 1 aromatic rings. The van der Waals surface area contributed by atoms with Gasteiger partial charge in [-0.25, -0.2) is 4.39 Å². The molecule has 60 valence electrons. The SMILES string of the molecule is Fc1c(CCl)cccc1CCl. The average Bonchev–Trinajstić information content (AvgIpc) is 2.05. The van der Waals surface area contributed by atoms with Gasteiger partial charge in [0.15, 0.2) is 0 Å². The van der Waals surface area contributed by atoms with Gasteiger partial charge in [-0.05, 0) is 0 Å². The monoisotopic (exact) mass is 192 g/mol. The van der Waals surface area contributed by atoms with E-state index < -0.39 is 0 Å². The first kappa shape index (κ1) is 8.82. The lowest BCUT2D eigenvalue weighted by Gasteiger charge is -2.01. The van der Waals surface area contributed by atoms with Crippen molar-refractivity contribution < 1.29 is 4.39 Å². The Morgan fingerprint density at radius 2 is 1.55 bits per heavy atom. The Hall–Kier alpha value is -0.270. The number of rotatable bonds is 2. The Balaban J connectivity index is 3.10. The minimum atomic E-state index is -0.280. The summed E-state index contributed by atoms with van der Waals surface area (Å²) in [5.74, 6) is 0.102. The van der Waals surface area contributed by atoms with Crippen LogP contribution in [0.1, 0.15) is 11.1 Å². The molecule has 0 atom stereocenters. The third-order valence-corrected chi connectivity index (χ3v) is 2.02. The molecule has 0 aliphatic carbocycles. The van der Waals surface area contributed by atoms with Gasteiger partial charge in [-0.1, -0.05) is 18.2 Å². The summed E-state index contributed by atoms with van der Waals surface area (Å²) in [5, 5.41) is 0. The van der Waals surface area contributed by atoms with E-state index in [0.717, 1.165) is 0 Å². The van der Waals surface area contributed by atoms with Gasteiger partial charge in [0.2, 0.25) is 0 Å². The smallest absolute Gasteiger partial charge is 0.132 e. The van der Waals surface area contributed by atoms with Gasteiger partial charge < -0.3 is 0 Å². The van der Waals surface area contributed by atoms with E-state index in [1.54, 1.807) is 18.2 Å². The van der Waals surface area contributed by atoms with Crippen molar-refractivity contribution in [2.45, 2.75) is 11.8 Å². The zero-order valence-electron chi connectivity index (χ0n) is 5.78. The standard InChI is InChI=1S/C8H7Cl2F/c9-4-6-2-1-3-7(5-10)8(6)11/h1-3H,4-5H2. The Kier molecular flexibility index (Phi) is 3.16. The maximum Gasteiger partial charge on any atom is 0.132 e. The summed E-state index contributed by atoms with van der Waals surface area (Å²) < 4.78 is 13.1. The highest BCUT2D eigenvalue weighted by molar-refractivity contribution is 6.17. The van der Waals surface area contributed by atoms with Crippen molar-refractivity contribution >= 4 is 23.2 Å². The van der Waals surface area contributed by atoms with E-state index in [2.05, 4.69) is 0 Å². The molecule has 0 nitrogen and oxygen atoms in total. The zero-order valence-corrected chi connectivity index (χ0v) is 7.29. The zero-order chi connectivity index (χ0) is 8.27. The molecule has 0 radical (unpaired) electrons. The van der Waals surface area contributed by atoms with Crippen LogP contribution in [-0.2, 0) is 11.8 Å². The minimum Gasteiger partial charge on any atom is -0.206 e. The van der Waals surface area contributed by atoms with Crippen LogP contribution in [0.5, 0.6) is 0 Å². The van der Waals surface area contributed by atoms with Crippen LogP contribution in [0.2, 0.25) is 0 Å². The molecule has 0 heterocycles. The molecule has 0 amide bonds. The molecular weight excluding hydrogens is 186 g/mol. The van der Waals surface area contributed by atoms with Crippen molar-refractivity contribution in [3.05, 3.63) is 35.1 Å². The second kappa shape index (κ2) is 3.93. The van der Waals surface area contributed by atoms with E-state index >= 15 is 0 Å². The van der Waals surface area contributed by atoms with Crippen molar-refractivity contribution in [2.24, 2.45) is 0 Å². The van der Waals surface area contributed by atoms with Gasteiger partial charge in [-0.2, -0.15) is 0 Å². The van der Waals surface area contributed by atoms with Crippen LogP contribution in [0.25, 0.3) is 0 Å². The van der Waals surface area contributed by atoms with Gasteiger partial charge in [0, 0.05) is 11.1 Å². The van der Waals surface area contributed by atoms with Crippen molar-refractivity contribution in [3.63, 3.8) is 0 Å². The fourth-order valence-electron chi connectivity index (χ4n) is 0.839. The number of benzene rings is 1. The predicted molar refractivity (Wildman–Crippen MR) is 45.5 cm³/mol. The van der Waals surface area contributed by atoms with Crippen LogP contribution >= 0.6 is 23.2 Å². The molecule has 0 aliphatic rings. The van der Waals surface area contributed by atoms with Gasteiger partial charge >= 0.3 is 0 Å². The lowest BCUT2D eigenvalue weighted by Crippen LogP contribution is -1.91. The molecule has 0 saturated heterocycles. The van der Waals surface area contributed by atoms with E-state index in [-0.39, 0.29) is 17.6 Å². The molecule has 0 fully saturated rings. The third-order valence-electron chi connectivity index (χ3n) is 1.45. The molecule has 0 bridgehead atoms. The van der Waals surface area contributed by atoms with Crippen molar-refractivity contribution in [1.82, 2.24) is 0 Å². The van der Waals surface area contributed by atoms with Gasteiger partial charge in [0.1, 0.15) is 5.82 Å². The van der Waals surface area contributed by atoms with E-state index in [4.69, 9.17) is 23.2 Å². The summed E-state index contributed by atoms with van der Waals surface area (Å²) >= 11 is 11.0. The second-order valence-corrected chi connectivity index (χ2v) is 2.69. The van der Waals surface area contributed by atoms with E-state index in [1.165, 1.54) is 0 Å². The Bertz CT molecular complexity index is 226. The first-order valence-electron chi connectivity index (χ1n) is 3.17. The molecule has 0 spiro atoms. The van der Waals surface area contributed by atoms with Gasteiger partial charge in [0.05, 0.1) is 11.8 Å². The molecule has 1 rings (SSSR count). The highest BCUT2D eigenvalue weighted by atomic mass is 35.5. The molecule has 0 saturated carbocycles. The fourth-order valence-corrected chi connectivity index (χ4v) is 1.25. The Morgan fingerprint density at radius 3 is 1.91 bits per heavy atom. The van der Waals surface area contributed by atoms with Crippen LogP contribution in [0.4, 0.5) is 4.39 Å². The molecule has 0 N–H and O–H groups in total. The third kappa shape index (κ3) is 1.85. The quantitative estimate of drug-likeness (QED) is 0.632. The topological polar surface area (TPSA) is 0 Å². The van der Waals surface area contributed by atoms with Crippen LogP contribution in [0, 0.1) is 5.82 Å². The van der Waals surface area contributed by atoms with Crippen molar-refractivity contribution in [2.75, 3.05) is 0 Å². The summed E-state index contributed by atoms with van der Waals surface area (Å²) in [6, 6.07) is 5.05. The highest BCUT2D eigenvalue weighted by Crippen LogP contribution is 2.16. The maximum atomic E-state index is 13.1. The predicted octanol–water partition coefficient (Wildman–Crippen LogP) is 3.30. The van der Waals surface area contributed by atoms with Crippen molar-refractivity contribution in [1.29, 1.82) is 0 Å². The number of alkyl halides is 2. The summed E-state index contributed by atoms with van der Waals surface area (Å²) in [5.41, 5.74) is 1.01. The molecular formula is C8H7Cl2F. The molecule has 11 heavy (non-hydrogen) atoms. The minimum absolute atomic E-state index is 0.191. The van der Waals surface area contributed by atoms with Gasteiger partial charge in [-0.3, -0.25) is 0 Å². The van der Waals surface area contributed by atoms with E-state index in [9.17, 15) is 4.39 Å². The lowest BCUT2D eigenvalue weighted by atomic mass is 10.1. The number of hydrogen-bond donors (Lipinski definition) is 0. The first-order chi connectivity index (χ1) is 5.29. The maximum absolute atomic E-state index is 13.1. The van der Waals surface area contributed by atoms with E-state index in [0.29, 0.717) is 11.1 Å². The van der Waals surface area contributed by atoms with Crippen LogP contribution < -0.4 is 0 Å². The summed E-state index contributed by atoms with van der Waals surface area (Å²) in [4.78, 5) is 0. The average molecular weight is 193 g/mol. The van der Waals surface area contributed by atoms with Crippen molar-refractivity contribution in [3.8, 4) is 0 Å². The lowest BCUT2D eigenvalue weighted by molar-refractivity contribution is 0.606. The van der Waals surface area contributed by atoms with Crippen LogP contribution in [-0.4, -0.2) is 0 Å². The first-order valence-corrected chi connectivity index (χ1v) is 4.24. The highest BCUT2D eigenvalue weighted by Gasteiger charge is 2.04. The summed E-state index contributed by atoms with van der Waals surface area (Å²) in [6.45, 7) is 0. The van der Waals surface area contributed by atoms with Crippen LogP contribution in [0.15, 0.2) is 18.2 Å². The second-order valence-electron chi connectivity index (χ2n) is 2.16. The molecule has 0 aliphatic heterocycles. The molecule has 3 heteroatoms. The largest absolute Gasteiger partial charge is 0.206 e. The molecule has 0 unspecified atom stereocenters. The number of hydrogen-bond acceptors (Lipinski definition) is 0. The Morgan fingerprint density at radius 1 is 1.09 bits per heavy atom. The summed E-state index contributed by atoms with van der Waals surface area (Å²) in [6.07, 6.45) is 0. The normalized spacial score (nSPS) is 10.1. The van der Waals surface area contributed by atoms with E-state index in [1.807, 2.05) is 0 Å². The number of halogens is 3. The van der Waals surface area contributed by atoms with Gasteiger partial charge in [-0.15, -0.1) is 23.2 Å². The summed E-state index contributed by atoms with van der Waals surface area (Å²) in [7, 11) is 0. The molecule has 0 aromatic heterocycles. The fraction of sp³-hybridized carbons (Fsp3) is 0.250. The van der Waals surface area contributed by atoms with Crippen LogP contribution in [0.3, 0.4) is 0 Å². The van der Waals surface area contributed by atoms with Gasteiger partial charge in [0.25, 0.3) is 0 Å². The molecule has 1 aromatic carbocycles.